The van der Waals surface area contributed by atoms with Crippen LogP contribution in [0.5, 0.6) is 5.75 Å². The normalized spacial score (nSPS) is 20.3. The molecule has 2 aliphatic heterocycles. The van der Waals surface area contributed by atoms with Crippen LogP contribution in [0.2, 0.25) is 0 Å². The molecule has 6 heteroatoms. The molecule has 0 aliphatic carbocycles. The average molecular weight is 430 g/mol. The van der Waals surface area contributed by atoms with Crippen LogP contribution in [0.15, 0.2) is 71.7 Å². The first-order valence-corrected chi connectivity index (χ1v) is 11.2. The number of aromatic nitrogens is 1. The summed E-state index contributed by atoms with van der Waals surface area (Å²) in [5.74, 6) is -0.805. The van der Waals surface area contributed by atoms with Crippen LogP contribution in [0.3, 0.4) is 0 Å². The van der Waals surface area contributed by atoms with E-state index in [-0.39, 0.29) is 29.9 Å². The smallest absolute Gasteiger partial charge is 0.278 e. The molecule has 5 rings (SSSR count). The summed E-state index contributed by atoms with van der Waals surface area (Å²) in [4.78, 5) is 27.7. The summed E-state index contributed by atoms with van der Waals surface area (Å²) in [7, 11) is 0. The van der Waals surface area contributed by atoms with Crippen molar-refractivity contribution in [2.75, 3.05) is 5.01 Å². The quantitative estimate of drug-likeness (QED) is 0.673. The van der Waals surface area contributed by atoms with Gasteiger partial charge in [0.15, 0.2) is 11.4 Å². The minimum Gasteiger partial charge on any atom is -0.502 e. The summed E-state index contributed by atoms with van der Waals surface area (Å²) in [6.45, 7) is 3.96. The number of hydrogen-bond acceptors (Lipinski definition) is 4. The molecule has 2 aromatic carbocycles. The van der Waals surface area contributed by atoms with Gasteiger partial charge in [-0.2, -0.15) is 0 Å². The standard InChI is InChI=1S/C26H27N3O3/c1-17(2)28-22-14-8-12-18-9-6-7-13-20(18)23(19-10-4-3-5-11-19)29(22)27-16-15-21(30)25(31)24(27)26(28)32/h3-7,9-11,13,15-17,22-23,31H,8,12,14H2,1-2H3/t22-,23+/m1/s1. The van der Waals surface area contributed by atoms with Gasteiger partial charge in [0.25, 0.3) is 5.91 Å². The van der Waals surface area contributed by atoms with Crippen molar-refractivity contribution in [3.05, 3.63) is 99.5 Å². The lowest BCUT2D eigenvalue weighted by Crippen LogP contribution is -2.64. The van der Waals surface area contributed by atoms with E-state index in [4.69, 9.17) is 0 Å². The molecule has 3 heterocycles. The van der Waals surface area contributed by atoms with Crippen LogP contribution in [0.25, 0.3) is 0 Å². The molecular weight excluding hydrogens is 402 g/mol. The number of pyridine rings is 1. The van der Waals surface area contributed by atoms with Gasteiger partial charge in [0, 0.05) is 18.3 Å². The third-order valence-electron chi connectivity index (χ3n) is 6.56. The van der Waals surface area contributed by atoms with Crippen molar-refractivity contribution in [3.8, 4) is 5.75 Å². The lowest BCUT2D eigenvalue weighted by molar-refractivity contribution is 0.0440. The SMILES string of the molecule is CC(C)N1C(=O)c2c(O)c(=O)ccn2N2[C@@H](c3ccccc3)c3ccccc3CCC[C@H]12. The van der Waals surface area contributed by atoms with Gasteiger partial charge in [-0.25, -0.2) is 0 Å². The number of amides is 1. The Bertz CT molecular complexity index is 1220. The van der Waals surface area contributed by atoms with Crippen molar-refractivity contribution in [2.45, 2.75) is 51.4 Å². The topological polar surface area (TPSA) is 65.8 Å². The summed E-state index contributed by atoms with van der Waals surface area (Å²) < 4.78 is 1.71. The average Bonchev–Trinajstić information content (AvgIpc) is 2.78. The number of nitrogens with zero attached hydrogens (tertiary/aromatic N) is 3. The first-order chi connectivity index (χ1) is 15.5. The van der Waals surface area contributed by atoms with Crippen LogP contribution in [-0.2, 0) is 6.42 Å². The van der Waals surface area contributed by atoms with E-state index in [0.717, 1.165) is 24.8 Å². The highest BCUT2D eigenvalue weighted by Crippen LogP contribution is 2.39. The van der Waals surface area contributed by atoms with E-state index in [0.29, 0.717) is 0 Å². The van der Waals surface area contributed by atoms with Crippen LogP contribution >= 0.6 is 0 Å². The fourth-order valence-corrected chi connectivity index (χ4v) is 5.20. The van der Waals surface area contributed by atoms with Crippen LogP contribution in [0.4, 0.5) is 0 Å². The van der Waals surface area contributed by atoms with Gasteiger partial charge in [0.2, 0.25) is 5.43 Å². The Labute approximate surface area is 187 Å². The Morgan fingerprint density at radius 1 is 0.969 bits per heavy atom. The number of aromatic hydroxyl groups is 1. The van der Waals surface area contributed by atoms with Gasteiger partial charge in [-0.15, -0.1) is 0 Å². The van der Waals surface area contributed by atoms with E-state index in [1.165, 1.54) is 17.2 Å². The molecule has 0 radical (unpaired) electrons. The lowest BCUT2D eigenvalue weighted by atomic mass is 9.88. The lowest BCUT2D eigenvalue weighted by Gasteiger charge is -2.52. The zero-order chi connectivity index (χ0) is 22.4. The third kappa shape index (κ3) is 3.09. The molecule has 0 fully saturated rings. The number of aryl methyl sites for hydroxylation is 1. The predicted molar refractivity (Wildman–Crippen MR) is 123 cm³/mol. The molecule has 1 aromatic heterocycles. The van der Waals surface area contributed by atoms with E-state index in [2.05, 4.69) is 35.3 Å². The molecule has 0 saturated heterocycles. The Kier molecular flexibility index (Phi) is 5.00. The maximum Gasteiger partial charge on any atom is 0.278 e. The molecular formula is C26H27N3O3. The molecule has 0 bridgehead atoms. The van der Waals surface area contributed by atoms with E-state index >= 15 is 0 Å². The molecule has 6 nitrogen and oxygen atoms in total. The molecule has 1 N–H and O–H groups in total. The van der Waals surface area contributed by atoms with Crippen molar-refractivity contribution in [1.82, 2.24) is 9.58 Å². The second-order valence-electron chi connectivity index (χ2n) is 8.79. The molecule has 0 saturated carbocycles. The first-order valence-electron chi connectivity index (χ1n) is 11.2. The van der Waals surface area contributed by atoms with E-state index in [9.17, 15) is 14.7 Å². The molecule has 32 heavy (non-hydrogen) atoms. The van der Waals surface area contributed by atoms with Gasteiger partial charge in [0.1, 0.15) is 6.17 Å². The van der Waals surface area contributed by atoms with E-state index < -0.39 is 11.2 Å². The van der Waals surface area contributed by atoms with Gasteiger partial charge in [0.05, 0.1) is 6.04 Å². The molecule has 164 valence electrons. The zero-order valence-corrected chi connectivity index (χ0v) is 18.3. The summed E-state index contributed by atoms with van der Waals surface area (Å²) in [5, 5.41) is 12.8. The monoisotopic (exact) mass is 429 g/mol. The van der Waals surface area contributed by atoms with Crippen LogP contribution in [-0.4, -0.2) is 32.8 Å². The third-order valence-corrected chi connectivity index (χ3v) is 6.56. The van der Waals surface area contributed by atoms with Crippen molar-refractivity contribution in [3.63, 3.8) is 0 Å². The molecule has 0 spiro atoms. The van der Waals surface area contributed by atoms with Crippen LogP contribution in [0.1, 0.15) is 59.9 Å². The summed E-state index contributed by atoms with van der Waals surface area (Å²) >= 11 is 0. The summed E-state index contributed by atoms with van der Waals surface area (Å²) in [6.07, 6.45) is 4.06. The van der Waals surface area contributed by atoms with Crippen LogP contribution in [0, 0.1) is 0 Å². The predicted octanol–water partition coefficient (Wildman–Crippen LogP) is 3.81. The Morgan fingerprint density at radius 2 is 1.69 bits per heavy atom. The van der Waals surface area contributed by atoms with Gasteiger partial charge in [-0.3, -0.25) is 19.3 Å². The van der Waals surface area contributed by atoms with Crippen LogP contribution < -0.4 is 10.4 Å². The second kappa shape index (κ2) is 7.86. The van der Waals surface area contributed by atoms with Gasteiger partial charge in [-0.05, 0) is 49.8 Å². The Hall–Kier alpha value is -3.54. The van der Waals surface area contributed by atoms with Gasteiger partial charge in [-0.1, -0.05) is 54.6 Å². The number of fused-ring (bicyclic) bond motifs is 4. The van der Waals surface area contributed by atoms with Crippen molar-refractivity contribution >= 4 is 5.91 Å². The van der Waals surface area contributed by atoms with Gasteiger partial charge < -0.3 is 10.0 Å². The van der Waals surface area contributed by atoms with Crippen molar-refractivity contribution in [1.29, 1.82) is 0 Å². The molecule has 0 unspecified atom stereocenters. The Morgan fingerprint density at radius 3 is 2.44 bits per heavy atom. The summed E-state index contributed by atoms with van der Waals surface area (Å²) in [6, 6.07) is 19.7. The number of hydrogen-bond donors (Lipinski definition) is 1. The molecule has 3 aromatic rings. The number of carbonyl (C=O) groups is 1. The fourth-order valence-electron chi connectivity index (χ4n) is 5.20. The van der Waals surface area contributed by atoms with Gasteiger partial charge >= 0.3 is 0 Å². The Balaban J connectivity index is 1.84. The minimum atomic E-state index is -0.546. The molecule has 2 atom stereocenters. The van der Waals surface area contributed by atoms with E-state index in [1.807, 2.05) is 43.0 Å². The highest BCUT2D eigenvalue weighted by molar-refractivity contribution is 5.96. The van der Waals surface area contributed by atoms with Crippen molar-refractivity contribution < 1.29 is 9.90 Å². The number of benzene rings is 2. The molecule has 2 aliphatic rings. The summed E-state index contributed by atoms with van der Waals surface area (Å²) in [5.41, 5.74) is 3.02. The second-order valence-corrected chi connectivity index (χ2v) is 8.79. The largest absolute Gasteiger partial charge is 0.502 e. The maximum absolute atomic E-state index is 13.6. The zero-order valence-electron chi connectivity index (χ0n) is 18.3. The number of rotatable bonds is 2. The highest BCUT2D eigenvalue weighted by atomic mass is 16.3. The number of carbonyl (C=O) groups excluding carboxylic acids is 1. The highest BCUT2D eigenvalue weighted by Gasteiger charge is 2.44. The minimum absolute atomic E-state index is 0.0291. The molecule has 1 amide bonds. The maximum atomic E-state index is 13.6. The fraction of sp³-hybridized carbons (Fsp3) is 0.308. The van der Waals surface area contributed by atoms with Crippen molar-refractivity contribution in [2.24, 2.45) is 0 Å². The van der Waals surface area contributed by atoms with E-state index in [1.54, 1.807) is 10.9 Å². The first kappa shape index (κ1) is 20.4.